The van der Waals surface area contributed by atoms with Gasteiger partial charge in [-0.05, 0) is 70.7 Å². The third kappa shape index (κ3) is 7.94. The fourth-order valence-electron chi connectivity index (χ4n) is 6.99. The lowest BCUT2D eigenvalue weighted by Crippen LogP contribution is -2.37. The van der Waals surface area contributed by atoms with E-state index in [0.717, 1.165) is 72.2 Å². The summed E-state index contributed by atoms with van der Waals surface area (Å²) in [4.78, 5) is 70.0. The number of ether oxygens (including phenoxy) is 1. The molecule has 0 radical (unpaired) electrons. The largest absolute Gasteiger partial charge is 0.493 e. The Hall–Kier alpha value is -4.08. The number of aromatic nitrogens is 3. The number of rotatable bonds is 14. The van der Waals surface area contributed by atoms with Gasteiger partial charge in [0.25, 0.3) is 5.56 Å². The fraction of sp³-hybridized carbons (Fsp3) is 0.571. The van der Waals surface area contributed by atoms with Crippen molar-refractivity contribution in [1.82, 2.24) is 29.8 Å². The number of ketones is 1. The molecule has 0 saturated carbocycles. The van der Waals surface area contributed by atoms with Crippen molar-refractivity contribution in [1.29, 1.82) is 0 Å². The van der Waals surface area contributed by atoms with Crippen molar-refractivity contribution in [3.8, 4) is 5.75 Å². The molecule has 2 aromatic heterocycles. The molecule has 0 spiro atoms. The zero-order chi connectivity index (χ0) is 35.4. The highest BCUT2D eigenvalue weighted by Gasteiger charge is 2.39. The number of nitrogens with zero attached hydrogens (tertiary/aromatic N) is 5. The number of Topliss-reactive ketones (excluding diaryl/α,β-unsaturated/α-hetero) is 1. The Morgan fingerprint density at radius 2 is 1.94 bits per heavy atom. The van der Waals surface area contributed by atoms with Crippen molar-refractivity contribution in [2.75, 3.05) is 45.6 Å². The molecule has 15 heteroatoms. The van der Waals surface area contributed by atoms with E-state index in [4.69, 9.17) is 9.26 Å². The summed E-state index contributed by atoms with van der Waals surface area (Å²) in [5.41, 5.74) is 2.98. The molecule has 6 rings (SSSR count). The molecule has 3 amide bonds. The van der Waals surface area contributed by atoms with Gasteiger partial charge in [-0.3, -0.25) is 33.4 Å². The average Bonchev–Trinajstić information content (AvgIpc) is 3.65. The van der Waals surface area contributed by atoms with E-state index in [0.29, 0.717) is 48.7 Å². The lowest BCUT2D eigenvalue weighted by atomic mass is 9.91. The van der Waals surface area contributed by atoms with E-state index in [9.17, 15) is 29.1 Å². The fourth-order valence-corrected chi connectivity index (χ4v) is 8.01. The molecule has 2 fully saturated rings. The second-order valence-corrected chi connectivity index (χ2v) is 14.4. The van der Waals surface area contributed by atoms with Gasteiger partial charge in [0.2, 0.25) is 17.7 Å². The summed E-state index contributed by atoms with van der Waals surface area (Å²) in [6.45, 7) is 5.01. The molecule has 3 aromatic rings. The molecule has 50 heavy (non-hydrogen) atoms. The zero-order valence-electron chi connectivity index (χ0n) is 28.5. The number of fused-ring (bicyclic) bond motifs is 2. The summed E-state index contributed by atoms with van der Waals surface area (Å²) >= 11 is 1.11. The van der Waals surface area contributed by atoms with Gasteiger partial charge in [-0.1, -0.05) is 5.16 Å². The number of imide groups is 1. The Bertz CT molecular complexity index is 1820. The van der Waals surface area contributed by atoms with Crippen molar-refractivity contribution in [3.63, 3.8) is 0 Å². The average molecular weight is 709 g/mol. The van der Waals surface area contributed by atoms with Crippen LogP contribution in [0.4, 0.5) is 0 Å². The van der Waals surface area contributed by atoms with Crippen molar-refractivity contribution in [2.24, 2.45) is 0 Å². The lowest BCUT2D eigenvalue weighted by molar-refractivity contribution is -0.141. The van der Waals surface area contributed by atoms with Gasteiger partial charge < -0.3 is 24.6 Å². The maximum absolute atomic E-state index is 13.2. The zero-order valence-corrected chi connectivity index (χ0v) is 29.3. The summed E-state index contributed by atoms with van der Waals surface area (Å²) in [5, 5.41) is 17.5. The van der Waals surface area contributed by atoms with Crippen molar-refractivity contribution in [3.05, 3.63) is 51.3 Å². The van der Waals surface area contributed by atoms with Gasteiger partial charge in [-0.25, -0.2) is 4.98 Å². The van der Waals surface area contributed by atoms with Gasteiger partial charge in [0.1, 0.15) is 17.7 Å². The third-order valence-electron chi connectivity index (χ3n) is 9.88. The quantitative estimate of drug-likeness (QED) is 0.185. The summed E-state index contributed by atoms with van der Waals surface area (Å²) in [6.07, 6.45) is 3.79. The number of likely N-dealkylation sites (tertiary alicyclic amines) is 2. The summed E-state index contributed by atoms with van der Waals surface area (Å²) in [5.74, 6) is 0.150. The van der Waals surface area contributed by atoms with Crippen LogP contribution in [-0.2, 0) is 32.1 Å². The molecule has 2 unspecified atom stereocenters. The number of carbonyl (C=O) groups excluding carboxylic acids is 4. The molecule has 2 saturated heterocycles. The molecule has 2 atom stereocenters. The Balaban J connectivity index is 0.936. The van der Waals surface area contributed by atoms with Crippen molar-refractivity contribution < 1.29 is 33.5 Å². The van der Waals surface area contributed by atoms with E-state index in [1.165, 1.54) is 7.05 Å². The molecule has 3 aliphatic heterocycles. The van der Waals surface area contributed by atoms with Crippen LogP contribution in [-0.4, -0.2) is 104 Å². The molecular weight excluding hydrogens is 664 g/mol. The van der Waals surface area contributed by atoms with Crippen LogP contribution < -0.4 is 15.6 Å². The smallest absolute Gasteiger partial charge is 0.257 e. The van der Waals surface area contributed by atoms with Crippen LogP contribution in [0.3, 0.4) is 0 Å². The van der Waals surface area contributed by atoms with Crippen LogP contribution >= 0.6 is 11.8 Å². The van der Waals surface area contributed by atoms with E-state index < -0.39 is 23.2 Å². The first kappa shape index (κ1) is 35.7. The van der Waals surface area contributed by atoms with Crippen LogP contribution in [0.15, 0.2) is 27.5 Å². The van der Waals surface area contributed by atoms with Gasteiger partial charge in [-0.15, -0.1) is 11.8 Å². The van der Waals surface area contributed by atoms with Gasteiger partial charge in [-0.2, -0.15) is 0 Å². The van der Waals surface area contributed by atoms with Gasteiger partial charge in [0.05, 0.1) is 29.8 Å². The summed E-state index contributed by atoms with van der Waals surface area (Å²) < 4.78 is 13.2. The minimum Gasteiger partial charge on any atom is -0.493 e. The minimum atomic E-state index is -0.671. The number of hydrogen-bond acceptors (Lipinski definition) is 12. The monoisotopic (exact) mass is 708 g/mol. The Kier molecular flexibility index (Phi) is 11.3. The number of carbonyl (C=O) groups is 4. The van der Waals surface area contributed by atoms with E-state index in [-0.39, 0.29) is 54.9 Å². The first-order chi connectivity index (χ1) is 24.1. The Morgan fingerprint density at radius 3 is 2.72 bits per heavy atom. The third-order valence-corrected chi connectivity index (χ3v) is 11.1. The minimum absolute atomic E-state index is 0.00709. The number of piperidine rings is 1. The van der Waals surface area contributed by atoms with Gasteiger partial charge in [0.15, 0.2) is 11.4 Å². The molecule has 268 valence electrons. The highest BCUT2D eigenvalue weighted by molar-refractivity contribution is 8.01. The molecule has 0 aliphatic carbocycles. The van der Waals surface area contributed by atoms with Crippen molar-refractivity contribution in [2.45, 2.75) is 82.1 Å². The molecule has 3 aliphatic rings. The number of amides is 3. The number of aliphatic hydroxyl groups excluding tert-OH is 1. The standard InChI is InChI=1S/C35H44N6O8S/c1-21-25(34(46)40-12-3-6-27(43)33(40)37-21)11-15-39-13-9-22(10-14-39)32-26-8-7-24(17-28(26)49-38-32)48-16-4-5-23(42)19-41-31(45)18-29(35(41)47)50-20-30(44)36-2/h7-8,17,22,27,29,43H,3-6,9-16,18-20H2,1-2H3,(H,36,44). The van der Waals surface area contributed by atoms with Crippen LogP contribution in [0.2, 0.25) is 0 Å². The summed E-state index contributed by atoms with van der Waals surface area (Å²) in [6, 6.07) is 5.62. The maximum atomic E-state index is 13.2. The number of aryl methyl sites for hydroxylation is 1. The molecule has 14 nitrogen and oxygen atoms in total. The highest BCUT2D eigenvalue weighted by atomic mass is 32.2. The Labute approximate surface area is 293 Å². The van der Waals surface area contributed by atoms with E-state index in [1.54, 1.807) is 10.6 Å². The predicted octanol–water partition coefficient (Wildman–Crippen LogP) is 2.28. The molecular formula is C35H44N6O8S. The van der Waals surface area contributed by atoms with E-state index in [1.807, 2.05) is 19.1 Å². The first-order valence-electron chi connectivity index (χ1n) is 17.3. The second-order valence-electron chi connectivity index (χ2n) is 13.2. The topological polar surface area (TPSA) is 177 Å². The number of aliphatic hydroxyl groups is 1. The predicted molar refractivity (Wildman–Crippen MR) is 185 cm³/mol. The van der Waals surface area contributed by atoms with Crippen LogP contribution in [0.25, 0.3) is 11.0 Å². The van der Waals surface area contributed by atoms with Gasteiger partial charge >= 0.3 is 0 Å². The normalized spacial score (nSPS) is 20.0. The van der Waals surface area contributed by atoms with Crippen LogP contribution in [0.5, 0.6) is 5.75 Å². The van der Waals surface area contributed by atoms with Crippen LogP contribution in [0, 0.1) is 6.92 Å². The summed E-state index contributed by atoms with van der Waals surface area (Å²) in [7, 11) is 1.51. The van der Waals surface area contributed by atoms with Gasteiger partial charge in [0, 0.05) is 61.6 Å². The molecule has 0 bridgehead atoms. The van der Waals surface area contributed by atoms with Crippen molar-refractivity contribution >= 4 is 46.2 Å². The van der Waals surface area contributed by atoms with E-state index >= 15 is 0 Å². The highest BCUT2D eigenvalue weighted by Crippen LogP contribution is 2.34. The van der Waals surface area contributed by atoms with E-state index in [2.05, 4.69) is 20.4 Å². The first-order valence-corrected chi connectivity index (χ1v) is 18.4. The number of benzene rings is 1. The number of thioether (sulfide) groups is 1. The molecule has 5 heterocycles. The number of nitrogens with one attached hydrogen (secondary N) is 1. The molecule has 2 N–H and O–H groups in total. The van der Waals surface area contributed by atoms with Crippen LogP contribution in [0.1, 0.15) is 79.7 Å². The lowest BCUT2D eigenvalue weighted by Gasteiger charge is -2.31. The second kappa shape index (κ2) is 15.9. The molecule has 1 aromatic carbocycles. The Morgan fingerprint density at radius 1 is 1.14 bits per heavy atom. The SMILES string of the molecule is CNC(=O)CSC1CC(=O)N(CC(=O)CCCOc2ccc3c(C4CCN(CCc5c(C)nc6n(c5=O)CCCC6O)CC4)noc3c2)C1=O. The maximum Gasteiger partial charge on any atom is 0.257 e. The number of hydrogen-bond donors (Lipinski definition) is 2.